The lowest BCUT2D eigenvalue weighted by Gasteiger charge is -2.18. The predicted octanol–water partition coefficient (Wildman–Crippen LogP) is 4.05. The molecule has 0 fully saturated rings. The van der Waals surface area contributed by atoms with Gasteiger partial charge in [-0.25, -0.2) is 0 Å². The van der Waals surface area contributed by atoms with Gasteiger partial charge in [0.05, 0.1) is 30.9 Å². The van der Waals surface area contributed by atoms with Gasteiger partial charge in [-0.1, -0.05) is 57.2 Å². The summed E-state index contributed by atoms with van der Waals surface area (Å²) in [5.74, 6) is -0.454. The molecule has 25 heavy (non-hydrogen) atoms. The molecule has 1 aliphatic rings. The maximum absolute atomic E-state index is 12.5. The van der Waals surface area contributed by atoms with Crippen LogP contribution in [0.2, 0.25) is 0 Å². The Morgan fingerprint density at radius 3 is 2.08 bits per heavy atom. The van der Waals surface area contributed by atoms with Crippen LogP contribution in [0.1, 0.15) is 52.6 Å². The monoisotopic (exact) mass is 337 g/mol. The molecular formula is C21H23NO3. The maximum atomic E-state index is 12.5. The van der Waals surface area contributed by atoms with E-state index in [1.807, 2.05) is 24.3 Å². The number of ether oxygens (including phenoxy) is 1. The van der Waals surface area contributed by atoms with Gasteiger partial charge in [-0.15, -0.1) is 0 Å². The Morgan fingerprint density at radius 1 is 0.880 bits per heavy atom. The van der Waals surface area contributed by atoms with Crippen molar-refractivity contribution in [2.45, 2.75) is 33.9 Å². The van der Waals surface area contributed by atoms with Gasteiger partial charge in [0.15, 0.2) is 0 Å². The van der Waals surface area contributed by atoms with E-state index in [0.717, 1.165) is 11.1 Å². The highest BCUT2D eigenvalue weighted by atomic mass is 16.5. The number of carbonyl (C=O) groups is 2. The molecule has 2 aromatic carbocycles. The summed E-state index contributed by atoms with van der Waals surface area (Å²) in [5, 5.41) is 0. The number of fused-ring (bicyclic) bond motifs is 1. The van der Waals surface area contributed by atoms with Crippen LogP contribution in [-0.2, 0) is 17.9 Å². The van der Waals surface area contributed by atoms with E-state index in [-0.39, 0.29) is 23.8 Å². The van der Waals surface area contributed by atoms with E-state index >= 15 is 0 Å². The molecule has 0 aromatic heterocycles. The van der Waals surface area contributed by atoms with Gasteiger partial charge in [0.25, 0.3) is 11.8 Å². The van der Waals surface area contributed by atoms with Crippen molar-refractivity contribution in [1.29, 1.82) is 0 Å². The van der Waals surface area contributed by atoms with Gasteiger partial charge < -0.3 is 4.74 Å². The molecule has 1 heterocycles. The van der Waals surface area contributed by atoms with Crippen molar-refractivity contribution in [1.82, 2.24) is 4.90 Å². The smallest absolute Gasteiger partial charge is 0.261 e. The number of imide groups is 1. The van der Waals surface area contributed by atoms with E-state index in [0.29, 0.717) is 24.3 Å². The lowest BCUT2D eigenvalue weighted by Crippen LogP contribution is -2.29. The van der Waals surface area contributed by atoms with Gasteiger partial charge in [-0.3, -0.25) is 14.5 Å². The SMILES string of the molecule is CC(C)(C)COCc1cccc(CN2C(=O)c3ccccc3C2=O)c1. The average molecular weight is 337 g/mol. The summed E-state index contributed by atoms with van der Waals surface area (Å²) in [6, 6.07) is 14.8. The number of carbonyl (C=O) groups excluding carboxylic acids is 2. The van der Waals surface area contributed by atoms with Crippen molar-refractivity contribution >= 4 is 11.8 Å². The second-order valence-corrected chi connectivity index (χ2v) is 7.62. The normalized spacial score (nSPS) is 14.1. The molecule has 0 saturated carbocycles. The molecule has 0 aliphatic carbocycles. The molecule has 0 radical (unpaired) electrons. The summed E-state index contributed by atoms with van der Waals surface area (Å²) in [5.41, 5.74) is 3.05. The van der Waals surface area contributed by atoms with Crippen LogP contribution in [0.3, 0.4) is 0 Å². The van der Waals surface area contributed by atoms with E-state index in [1.165, 1.54) is 4.90 Å². The van der Waals surface area contributed by atoms with Crippen LogP contribution in [0, 0.1) is 5.41 Å². The molecular weight excluding hydrogens is 314 g/mol. The minimum Gasteiger partial charge on any atom is -0.376 e. The predicted molar refractivity (Wildman–Crippen MR) is 96.2 cm³/mol. The summed E-state index contributed by atoms with van der Waals surface area (Å²) < 4.78 is 5.75. The fourth-order valence-corrected chi connectivity index (χ4v) is 2.86. The van der Waals surface area contributed by atoms with Crippen molar-refractivity contribution in [3.63, 3.8) is 0 Å². The highest BCUT2D eigenvalue weighted by molar-refractivity contribution is 6.21. The molecule has 0 N–H and O–H groups in total. The van der Waals surface area contributed by atoms with Crippen LogP contribution < -0.4 is 0 Å². The van der Waals surface area contributed by atoms with Crippen molar-refractivity contribution in [3.05, 3.63) is 70.8 Å². The quantitative estimate of drug-likeness (QED) is 0.774. The van der Waals surface area contributed by atoms with Crippen molar-refractivity contribution in [2.75, 3.05) is 6.61 Å². The number of nitrogens with zero attached hydrogens (tertiary/aromatic N) is 1. The zero-order chi connectivity index (χ0) is 18.0. The van der Waals surface area contributed by atoms with Gasteiger partial charge >= 0.3 is 0 Å². The van der Waals surface area contributed by atoms with Crippen LogP contribution in [0.4, 0.5) is 0 Å². The third kappa shape index (κ3) is 3.97. The highest BCUT2D eigenvalue weighted by Crippen LogP contribution is 2.24. The first-order valence-electron chi connectivity index (χ1n) is 8.46. The van der Waals surface area contributed by atoms with E-state index in [2.05, 4.69) is 20.8 Å². The molecule has 130 valence electrons. The topological polar surface area (TPSA) is 46.6 Å². The van der Waals surface area contributed by atoms with Crippen LogP contribution >= 0.6 is 0 Å². The molecule has 0 bridgehead atoms. The Kier molecular flexibility index (Phi) is 4.73. The lowest BCUT2D eigenvalue weighted by atomic mass is 9.99. The molecule has 0 spiro atoms. The lowest BCUT2D eigenvalue weighted by molar-refractivity contribution is 0.0597. The molecule has 2 aromatic rings. The molecule has 3 rings (SSSR count). The number of hydrogen-bond acceptors (Lipinski definition) is 3. The summed E-state index contributed by atoms with van der Waals surface area (Å²) in [6.45, 7) is 7.87. The minimum atomic E-state index is -0.227. The third-order valence-electron chi connectivity index (χ3n) is 4.01. The standard InChI is InChI=1S/C21H23NO3/c1-21(2,3)14-25-13-16-8-6-7-15(11-16)12-22-19(23)17-9-4-5-10-18(17)20(22)24/h4-11H,12-14H2,1-3H3. The van der Waals surface area contributed by atoms with Gasteiger partial charge in [0, 0.05) is 0 Å². The number of amides is 2. The van der Waals surface area contributed by atoms with Crippen LogP contribution in [0.25, 0.3) is 0 Å². The first-order chi connectivity index (χ1) is 11.8. The molecule has 4 heteroatoms. The van der Waals surface area contributed by atoms with Crippen LogP contribution in [0.15, 0.2) is 48.5 Å². The fourth-order valence-electron chi connectivity index (χ4n) is 2.86. The summed E-state index contributed by atoms with van der Waals surface area (Å²) in [6.07, 6.45) is 0. The molecule has 0 atom stereocenters. The highest BCUT2D eigenvalue weighted by Gasteiger charge is 2.34. The maximum Gasteiger partial charge on any atom is 0.261 e. The largest absolute Gasteiger partial charge is 0.376 e. The van der Waals surface area contributed by atoms with Crippen molar-refractivity contribution in [2.24, 2.45) is 5.41 Å². The van der Waals surface area contributed by atoms with E-state index in [4.69, 9.17) is 4.74 Å². The number of rotatable bonds is 5. The van der Waals surface area contributed by atoms with Crippen molar-refractivity contribution < 1.29 is 14.3 Å². The third-order valence-corrected chi connectivity index (χ3v) is 4.01. The molecule has 2 amide bonds. The Hall–Kier alpha value is -2.46. The van der Waals surface area contributed by atoms with E-state index < -0.39 is 0 Å². The van der Waals surface area contributed by atoms with Crippen molar-refractivity contribution in [3.8, 4) is 0 Å². The second kappa shape index (κ2) is 6.81. The Morgan fingerprint density at radius 2 is 1.48 bits per heavy atom. The molecule has 0 saturated heterocycles. The van der Waals surface area contributed by atoms with Crippen LogP contribution in [0.5, 0.6) is 0 Å². The average Bonchev–Trinajstić information content (AvgIpc) is 2.80. The van der Waals surface area contributed by atoms with Gasteiger partial charge in [-0.2, -0.15) is 0 Å². The first kappa shape index (κ1) is 17.4. The Bertz CT molecular complexity index is 770. The summed E-state index contributed by atoms with van der Waals surface area (Å²) in [7, 11) is 0. The van der Waals surface area contributed by atoms with Crippen LogP contribution in [-0.4, -0.2) is 23.3 Å². The minimum absolute atomic E-state index is 0.123. The van der Waals surface area contributed by atoms with E-state index in [9.17, 15) is 9.59 Å². The van der Waals surface area contributed by atoms with Gasteiger partial charge in [-0.05, 0) is 28.7 Å². The van der Waals surface area contributed by atoms with E-state index in [1.54, 1.807) is 24.3 Å². The number of hydrogen-bond donors (Lipinski definition) is 0. The zero-order valence-electron chi connectivity index (χ0n) is 14.9. The summed E-state index contributed by atoms with van der Waals surface area (Å²) in [4.78, 5) is 26.2. The molecule has 1 aliphatic heterocycles. The number of benzene rings is 2. The second-order valence-electron chi connectivity index (χ2n) is 7.62. The molecule has 4 nitrogen and oxygen atoms in total. The van der Waals surface area contributed by atoms with Gasteiger partial charge in [0.2, 0.25) is 0 Å². The zero-order valence-corrected chi connectivity index (χ0v) is 14.9. The fraction of sp³-hybridized carbons (Fsp3) is 0.333. The Balaban J connectivity index is 1.69. The first-order valence-corrected chi connectivity index (χ1v) is 8.46. The van der Waals surface area contributed by atoms with Gasteiger partial charge in [0.1, 0.15) is 0 Å². The molecule has 0 unspecified atom stereocenters. The summed E-state index contributed by atoms with van der Waals surface area (Å²) >= 11 is 0. The Labute approximate surface area is 148 Å².